The molecular formula is C17H22N4O2S. The van der Waals surface area contributed by atoms with Crippen molar-refractivity contribution in [3.8, 4) is 12.1 Å². The molecule has 1 fully saturated rings. The predicted molar refractivity (Wildman–Crippen MR) is 91.1 cm³/mol. The topological polar surface area (TPSA) is 106 Å². The Morgan fingerprint density at radius 1 is 1.38 bits per heavy atom. The summed E-state index contributed by atoms with van der Waals surface area (Å²) in [4.78, 5) is 24.5. The normalized spacial score (nSPS) is 24.7. The van der Waals surface area contributed by atoms with Crippen LogP contribution in [0.25, 0.3) is 0 Å². The smallest absolute Gasteiger partial charge is 0.243 e. The average Bonchev–Trinajstić information content (AvgIpc) is 2.99. The minimum absolute atomic E-state index is 0.0915. The SMILES string of the molecule is C[C@H](SC1=C(C#N)C(C)(C)[C@H](C#N)C(=O)N1)C(=O)NC1CCCC1. The molecule has 6 nitrogen and oxygen atoms in total. The second-order valence-corrected chi connectivity index (χ2v) is 8.19. The van der Waals surface area contributed by atoms with Crippen molar-refractivity contribution >= 4 is 23.6 Å². The van der Waals surface area contributed by atoms with Crippen LogP contribution in [0.2, 0.25) is 0 Å². The largest absolute Gasteiger partial charge is 0.352 e. The quantitative estimate of drug-likeness (QED) is 0.812. The van der Waals surface area contributed by atoms with Crippen LogP contribution in [0.4, 0.5) is 0 Å². The molecule has 2 N–H and O–H groups in total. The van der Waals surface area contributed by atoms with Crippen molar-refractivity contribution < 1.29 is 9.59 Å². The maximum Gasteiger partial charge on any atom is 0.243 e. The maximum absolute atomic E-state index is 12.3. The summed E-state index contributed by atoms with van der Waals surface area (Å²) in [7, 11) is 0. The summed E-state index contributed by atoms with van der Waals surface area (Å²) in [5, 5.41) is 24.3. The van der Waals surface area contributed by atoms with Gasteiger partial charge in [-0.15, -0.1) is 0 Å². The van der Waals surface area contributed by atoms with Crippen molar-refractivity contribution in [2.45, 2.75) is 57.7 Å². The highest BCUT2D eigenvalue weighted by molar-refractivity contribution is 8.04. The van der Waals surface area contributed by atoms with Gasteiger partial charge in [0.1, 0.15) is 5.92 Å². The van der Waals surface area contributed by atoms with Crippen LogP contribution in [0, 0.1) is 34.0 Å². The van der Waals surface area contributed by atoms with Crippen molar-refractivity contribution in [3.05, 3.63) is 10.6 Å². The molecule has 1 saturated carbocycles. The average molecular weight is 346 g/mol. The van der Waals surface area contributed by atoms with Gasteiger partial charge in [-0.05, 0) is 19.8 Å². The van der Waals surface area contributed by atoms with Gasteiger partial charge < -0.3 is 10.6 Å². The number of thioether (sulfide) groups is 1. The third-order valence-electron chi connectivity index (χ3n) is 4.70. The third-order valence-corrected chi connectivity index (χ3v) is 5.81. The standard InChI is InChI=1S/C17H22N4O2S/c1-10(14(22)20-11-6-4-5-7-11)24-16-13(9-19)17(2,3)12(8-18)15(23)21-16/h10-12H,4-7H2,1-3H3,(H,20,22)(H,21,23)/t10-,12+/m0/s1. The highest BCUT2D eigenvalue weighted by atomic mass is 32.2. The molecule has 0 aromatic heterocycles. The number of amides is 2. The molecule has 0 bridgehead atoms. The Balaban J connectivity index is 2.15. The van der Waals surface area contributed by atoms with E-state index in [1.54, 1.807) is 20.8 Å². The first-order valence-electron chi connectivity index (χ1n) is 8.13. The Labute approximate surface area is 146 Å². The number of nitriles is 2. The van der Waals surface area contributed by atoms with Crippen LogP contribution >= 0.6 is 11.8 Å². The third kappa shape index (κ3) is 3.57. The van der Waals surface area contributed by atoms with E-state index < -0.39 is 22.5 Å². The number of nitrogens with zero attached hydrogens (tertiary/aromatic N) is 2. The molecule has 1 heterocycles. The Morgan fingerprint density at radius 3 is 2.54 bits per heavy atom. The van der Waals surface area contributed by atoms with E-state index in [1.807, 2.05) is 6.07 Å². The first kappa shape index (κ1) is 18.4. The van der Waals surface area contributed by atoms with Gasteiger partial charge in [-0.3, -0.25) is 9.59 Å². The second kappa shape index (κ2) is 7.27. The van der Waals surface area contributed by atoms with Crippen LogP contribution in [0.15, 0.2) is 10.6 Å². The summed E-state index contributed by atoms with van der Waals surface area (Å²) < 4.78 is 0. The first-order valence-corrected chi connectivity index (χ1v) is 9.01. The molecule has 1 aliphatic heterocycles. The van der Waals surface area contributed by atoms with Gasteiger partial charge in [0.05, 0.1) is 28.0 Å². The molecule has 1 aliphatic carbocycles. The molecular weight excluding hydrogens is 324 g/mol. The van der Waals surface area contributed by atoms with E-state index in [1.165, 1.54) is 11.8 Å². The van der Waals surface area contributed by atoms with E-state index in [-0.39, 0.29) is 11.9 Å². The fourth-order valence-corrected chi connectivity index (χ4v) is 4.25. The van der Waals surface area contributed by atoms with Gasteiger partial charge in [0.15, 0.2) is 0 Å². The van der Waals surface area contributed by atoms with Gasteiger partial charge in [0.2, 0.25) is 11.8 Å². The van der Waals surface area contributed by atoms with Crippen molar-refractivity contribution in [3.63, 3.8) is 0 Å². The maximum atomic E-state index is 12.3. The van der Waals surface area contributed by atoms with E-state index in [2.05, 4.69) is 16.7 Å². The summed E-state index contributed by atoms with van der Waals surface area (Å²) in [6.07, 6.45) is 4.28. The fraction of sp³-hybridized carbons (Fsp3) is 0.647. The second-order valence-electron chi connectivity index (χ2n) is 6.84. The monoisotopic (exact) mass is 346 g/mol. The zero-order valence-electron chi connectivity index (χ0n) is 14.2. The van der Waals surface area contributed by atoms with E-state index >= 15 is 0 Å². The minimum atomic E-state index is -0.917. The number of rotatable bonds is 4. The van der Waals surface area contributed by atoms with Crippen molar-refractivity contribution in [1.29, 1.82) is 10.5 Å². The molecule has 0 unspecified atom stereocenters. The van der Waals surface area contributed by atoms with E-state index in [9.17, 15) is 20.1 Å². The van der Waals surface area contributed by atoms with Crippen molar-refractivity contribution in [1.82, 2.24) is 10.6 Å². The highest BCUT2D eigenvalue weighted by Crippen LogP contribution is 2.42. The summed E-state index contributed by atoms with van der Waals surface area (Å²) >= 11 is 1.17. The molecule has 0 saturated heterocycles. The van der Waals surface area contributed by atoms with E-state index in [0.717, 1.165) is 25.7 Å². The van der Waals surface area contributed by atoms with Gasteiger partial charge in [-0.1, -0.05) is 38.5 Å². The minimum Gasteiger partial charge on any atom is -0.352 e. The van der Waals surface area contributed by atoms with Crippen LogP contribution in [0.3, 0.4) is 0 Å². The van der Waals surface area contributed by atoms with Crippen LogP contribution in [0.5, 0.6) is 0 Å². The molecule has 2 rings (SSSR count). The molecule has 2 atom stereocenters. The number of carbonyl (C=O) groups is 2. The Bertz CT molecular complexity index is 650. The van der Waals surface area contributed by atoms with Gasteiger partial charge in [0, 0.05) is 11.5 Å². The molecule has 2 amide bonds. The summed E-state index contributed by atoms with van der Waals surface area (Å²) in [5.41, 5.74) is -0.533. The molecule has 7 heteroatoms. The van der Waals surface area contributed by atoms with E-state index in [0.29, 0.717) is 10.6 Å². The first-order chi connectivity index (χ1) is 11.3. The summed E-state index contributed by atoms with van der Waals surface area (Å²) in [6, 6.07) is 4.30. The van der Waals surface area contributed by atoms with Crippen LogP contribution in [-0.4, -0.2) is 23.1 Å². The molecule has 24 heavy (non-hydrogen) atoms. The molecule has 0 radical (unpaired) electrons. The predicted octanol–water partition coefficient (Wildman–Crippen LogP) is 2.20. The molecule has 0 aromatic rings. The summed E-state index contributed by atoms with van der Waals surface area (Å²) in [6.45, 7) is 5.18. The number of hydrogen-bond acceptors (Lipinski definition) is 5. The number of nitrogens with one attached hydrogen (secondary N) is 2. The molecule has 128 valence electrons. The van der Waals surface area contributed by atoms with Crippen LogP contribution in [0.1, 0.15) is 46.5 Å². The lowest BCUT2D eigenvalue weighted by Crippen LogP contribution is -2.45. The number of hydrogen-bond donors (Lipinski definition) is 2. The van der Waals surface area contributed by atoms with Gasteiger partial charge in [-0.25, -0.2) is 0 Å². The molecule has 2 aliphatic rings. The van der Waals surface area contributed by atoms with Gasteiger partial charge in [0.25, 0.3) is 0 Å². The zero-order valence-corrected chi connectivity index (χ0v) is 15.0. The molecule has 0 spiro atoms. The van der Waals surface area contributed by atoms with E-state index in [4.69, 9.17) is 0 Å². The Hall–Kier alpha value is -1.99. The lowest BCUT2D eigenvalue weighted by Gasteiger charge is -2.35. The zero-order chi connectivity index (χ0) is 17.9. The van der Waals surface area contributed by atoms with Crippen molar-refractivity contribution in [2.75, 3.05) is 0 Å². The van der Waals surface area contributed by atoms with Crippen molar-refractivity contribution in [2.24, 2.45) is 11.3 Å². The van der Waals surface area contributed by atoms with Gasteiger partial charge >= 0.3 is 0 Å². The number of carbonyl (C=O) groups excluding carboxylic acids is 2. The highest BCUT2D eigenvalue weighted by Gasteiger charge is 2.45. The van der Waals surface area contributed by atoms with Gasteiger partial charge in [-0.2, -0.15) is 10.5 Å². The fourth-order valence-electron chi connectivity index (χ4n) is 3.13. The molecule has 0 aromatic carbocycles. The number of allylic oxidation sites excluding steroid dienone is 1. The lowest BCUT2D eigenvalue weighted by atomic mass is 9.72. The lowest BCUT2D eigenvalue weighted by molar-refractivity contribution is -0.125. The summed E-state index contributed by atoms with van der Waals surface area (Å²) in [5.74, 6) is -1.43. The van der Waals surface area contributed by atoms with Crippen LogP contribution < -0.4 is 10.6 Å². The Morgan fingerprint density at radius 2 is 2.00 bits per heavy atom. The Kier molecular flexibility index (Phi) is 5.56. The van der Waals surface area contributed by atoms with Crippen LogP contribution in [-0.2, 0) is 9.59 Å².